The van der Waals surface area contributed by atoms with Crippen LogP contribution in [-0.2, 0) is 4.43 Å². The third-order valence-electron chi connectivity index (χ3n) is 11.0. The molecule has 31 heavy (non-hydrogen) atoms. The first-order chi connectivity index (χ1) is 14.7. The van der Waals surface area contributed by atoms with Gasteiger partial charge in [-0.3, -0.25) is 0 Å². The Labute approximate surface area is 191 Å². The minimum Gasteiger partial charge on any atom is -0.417 e. The van der Waals surface area contributed by atoms with Crippen LogP contribution in [0.15, 0.2) is 12.2 Å². The molecule has 6 aliphatic carbocycles. The standard InChI is InChI=1S/C28H46O2Si/c1-28(2,3)31(4,5)30-15-19-10-21(19)23-12-25(23)27-13-26(27)24-11-22(24)20-9-17(20)7-6-16-8-18(16)14-29/h6-7,16-27,29H,8-15H2,1-5H3/b7-6+/t16-,17-,18+,19+,20-,21-,22+,23+,24-,25-,26+,27+/m1/s1. The molecule has 0 aliphatic heterocycles. The molecule has 0 aromatic rings. The highest BCUT2D eigenvalue weighted by Gasteiger charge is 2.66. The summed E-state index contributed by atoms with van der Waals surface area (Å²) in [5.41, 5.74) is 0. The molecule has 0 aromatic heterocycles. The van der Waals surface area contributed by atoms with E-state index in [1.165, 1.54) is 19.3 Å². The molecule has 0 saturated heterocycles. The summed E-state index contributed by atoms with van der Waals surface area (Å²) in [7, 11) is -1.56. The van der Waals surface area contributed by atoms with E-state index in [9.17, 15) is 5.11 Å². The topological polar surface area (TPSA) is 29.5 Å². The van der Waals surface area contributed by atoms with Crippen LogP contribution in [-0.4, -0.2) is 26.6 Å². The molecule has 6 saturated carbocycles. The molecular formula is C28H46O2Si. The van der Waals surface area contributed by atoms with Crippen LogP contribution in [0.5, 0.6) is 0 Å². The molecule has 6 rings (SSSR count). The number of hydrogen-bond donors (Lipinski definition) is 1. The first-order valence-corrected chi connectivity index (χ1v) is 16.5. The Hall–Kier alpha value is -0.123. The molecule has 1 N–H and O–H groups in total. The van der Waals surface area contributed by atoms with Crippen LogP contribution in [0.4, 0.5) is 0 Å². The smallest absolute Gasteiger partial charge is 0.191 e. The molecule has 174 valence electrons. The fourth-order valence-electron chi connectivity index (χ4n) is 7.13. The number of aliphatic hydroxyl groups excluding tert-OH is 1. The Bertz CT molecular complexity index is 738. The van der Waals surface area contributed by atoms with E-state index in [2.05, 4.69) is 46.0 Å². The molecule has 2 nitrogen and oxygen atoms in total. The summed E-state index contributed by atoms with van der Waals surface area (Å²) in [6.07, 6.45) is 13.8. The number of aliphatic hydroxyl groups is 1. The van der Waals surface area contributed by atoms with Crippen molar-refractivity contribution in [3.63, 3.8) is 0 Å². The van der Waals surface area contributed by atoms with Gasteiger partial charge in [0.1, 0.15) is 0 Å². The van der Waals surface area contributed by atoms with Crippen LogP contribution >= 0.6 is 0 Å². The monoisotopic (exact) mass is 442 g/mol. The first kappa shape index (κ1) is 21.4. The zero-order valence-electron chi connectivity index (χ0n) is 20.6. The van der Waals surface area contributed by atoms with Crippen molar-refractivity contribution in [2.24, 2.45) is 71.0 Å². The lowest BCUT2D eigenvalue weighted by atomic mass is 10.1. The molecule has 0 heterocycles. The number of allylic oxidation sites excluding steroid dienone is 2. The Kier molecular flexibility index (Phi) is 4.96. The molecule has 0 bridgehead atoms. The minimum atomic E-state index is -1.56. The van der Waals surface area contributed by atoms with E-state index in [1.807, 2.05) is 0 Å². The SMILES string of the molecule is CC(C)(C)[Si](C)(C)OC[C@@H]1C[C@H]1[C@@H]1C[C@H]1[C@@H]1C[C@H]1[C@@H]1C[C@H]1[C@@H]1C[C@H]1/C=C/[C@@H]1C[C@H]1CO. The second-order valence-corrected chi connectivity index (χ2v) is 19.0. The molecule has 0 spiro atoms. The van der Waals surface area contributed by atoms with E-state index in [4.69, 9.17) is 4.43 Å². The first-order valence-electron chi connectivity index (χ1n) is 13.6. The summed E-state index contributed by atoms with van der Waals surface area (Å²) in [5.74, 6) is 11.8. The normalized spacial score (nSPS) is 52.3. The van der Waals surface area contributed by atoms with E-state index in [1.54, 1.807) is 19.3 Å². The van der Waals surface area contributed by atoms with Crippen LogP contribution in [0.2, 0.25) is 18.1 Å². The van der Waals surface area contributed by atoms with Crippen molar-refractivity contribution in [3.8, 4) is 0 Å². The molecule has 3 heteroatoms. The largest absolute Gasteiger partial charge is 0.417 e. The second-order valence-electron chi connectivity index (χ2n) is 14.2. The van der Waals surface area contributed by atoms with Gasteiger partial charge in [-0.15, -0.1) is 0 Å². The maximum atomic E-state index is 9.21. The van der Waals surface area contributed by atoms with Gasteiger partial charge in [0, 0.05) is 13.2 Å². The van der Waals surface area contributed by atoms with Gasteiger partial charge < -0.3 is 9.53 Å². The number of hydrogen-bond acceptors (Lipinski definition) is 2. The predicted molar refractivity (Wildman–Crippen MR) is 129 cm³/mol. The Morgan fingerprint density at radius 3 is 1.81 bits per heavy atom. The van der Waals surface area contributed by atoms with Crippen LogP contribution in [0, 0.1) is 71.0 Å². The van der Waals surface area contributed by atoms with Crippen LogP contribution < -0.4 is 0 Å². The molecule has 0 aromatic carbocycles. The molecule has 6 fully saturated rings. The van der Waals surface area contributed by atoms with Gasteiger partial charge in [0.15, 0.2) is 8.32 Å². The van der Waals surface area contributed by atoms with E-state index < -0.39 is 8.32 Å². The minimum absolute atomic E-state index is 0.345. The Morgan fingerprint density at radius 2 is 1.26 bits per heavy atom. The highest BCUT2D eigenvalue weighted by atomic mass is 28.4. The van der Waals surface area contributed by atoms with Crippen LogP contribution in [0.3, 0.4) is 0 Å². The van der Waals surface area contributed by atoms with Gasteiger partial charge in [0.05, 0.1) is 0 Å². The lowest BCUT2D eigenvalue weighted by molar-refractivity contribution is 0.261. The molecular weight excluding hydrogens is 396 g/mol. The fourth-order valence-corrected chi connectivity index (χ4v) is 8.19. The van der Waals surface area contributed by atoms with Crippen molar-refractivity contribution in [2.45, 2.75) is 77.4 Å². The van der Waals surface area contributed by atoms with Gasteiger partial charge in [0.25, 0.3) is 0 Å². The van der Waals surface area contributed by atoms with Gasteiger partial charge in [-0.25, -0.2) is 0 Å². The van der Waals surface area contributed by atoms with Gasteiger partial charge >= 0.3 is 0 Å². The highest BCUT2D eigenvalue weighted by Crippen LogP contribution is 2.72. The average Bonchev–Trinajstić information content (AvgIpc) is 3.51. The van der Waals surface area contributed by atoms with E-state index in [0.29, 0.717) is 23.5 Å². The van der Waals surface area contributed by atoms with Crippen molar-refractivity contribution >= 4 is 8.32 Å². The number of rotatable bonds is 10. The summed E-state index contributed by atoms with van der Waals surface area (Å²) < 4.78 is 6.54. The Balaban J connectivity index is 0.893. The van der Waals surface area contributed by atoms with E-state index >= 15 is 0 Å². The lowest BCUT2D eigenvalue weighted by Gasteiger charge is -2.36. The zero-order valence-corrected chi connectivity index (χ0v) is 21.6. The van der Waals surface area contributed by atoms with Gasteiger partial charge in [-0.1, -0.05) is 32.9 Å². The van der Waals surface area contributed by atoms with E-state index in [0.717, 1.165) is 65.8 Å². The second kappa shape index (κ2) is 7.19. The maximum absolute atomic E-state index is 9.21. The molecule has 0 radical (unpaired) electrons. The third kappa shape index (κ3) is 4.25. The van der Waals surface area contributed by atoms with Gasteiger partial charge in [0.2, 0.25) is 0 Å². The molecule has 6 aliphatic rings. The summed E-state index contributed by atoms with van der Waals surface area (Å²) in [4.78, 5) is 0. The molecule has 0 amide bonds. The van der Waals surface area contributed by atoms with Crippen molar-refractivity contribution in [1.29, 1.82) is 0 Å². The summed E-state index contributed by atoms with van der Waals surface area (Å²) in [5, 5.41) is 9.55. The highest BCUT2D eigenvalue weighted by molar-refractivity contribution is 6.74. The van der Waals surface area contributed by atoms with Crippen LogP contribution in [0.1, 0.15) is 59.3 Å². The van der Waals surface area contributed by atoms with Gasteiger partial charge in [-0.2, -0.15) is 0 Å². The third-order valence-corrected chi connectivity index (χ3v) is 15.5. The quantitative estimate of drug-likeness (QED) is 0.314. The maximum Gasteiger partial charge on any atom is 0.191 e. The lowest BCUT2D eigenvalue weighted by Crippen LogP contribution is -2.41. The van der Waals surface area contributed by atoms with Crippen molar-refractivity contribution < 1.29 is 9.53 Å². The summed E-state index contributed by atoms with van der Waals surface area (Å²) in [6.45, 7) is 13.3. The summed E-state index contributed by atoms with van der Waals surface area (Å²) in [6, 6.07) is 0. The molecule has 0 unspecified atom stereocenters. The molecule has 12 atom stereocenters. The zero-order chi connectivity index (χ0) is 21.7. The van der Waals surface area contributed by atoms with Crippen LogP contribution in [0.25, 0.3) is 0 Å². The Morgan fingerprint density at radius 1 is 0.710 bits per heavy atom. The van der Waals surface area contributed by atoms with Crippen molar-refractivity contribution in [2.75, 3.05) is 13.2 Å². The van der Waals surface area contributed by atoms with Crippen molar-refractivity contribution in [1.82, 2.24) is 0 Å². The van der Waals surface area contributed by atoms with Gasteiger partial charge in [-0.05, 0) is 128 Å². The van der Waals surface area contributed by atoms with E-state index in [-0.39, 0.29) is 0 Å². The average molecular weight is 443 g/mol. The van der Waals surface area contributed by atoms with Crippen molar-refractivity contribution in [3.05, 3.63) is 12.2 Å². The predicted octanol–water partition coefficient (Wildman–Crippen LogP) is 6.37. The summed E-state index contributed by atoms with van der Waals surface area (Å²) >= 11 is 0. The fraction of sp³-hybridized carbons (Fsp3) is 0.929.